The summed E-state index contributed by atoms with van der Waals surface area (Å²) in [5.74, 6) is 1.70. The van der Waals surface area contributed by atoms with Crippen LogP contribution < -0.4 is 10.2 Å². The van der Waals surface area contributed by atoms with Gasteiger partial charge in [-0.15, -0.1) is 0 Å². The van der Waals surface area contributed by atoms with Crippen molar-refractivity contribution in [1.29, 1.82) is 0 Å². The van der Waals surface area contributed by atoms with Gasteiger partial charge >= 0.3 is 0 Å². The molecular formula is C13H22N4O2. The van der Waals surface area contributed by atoms with Gasteiger partial charge in [0.25, 0.3) is 5.69 Å². The number of hydrogen-bond donors (Lipinski definition) is 1. The van der Waals surface area contributed by atoms with Crippen LogP contribution in [-0.4, -0.2) is 30.0 Å². The smallest absolute Gasteiger partial charge is 0.276 e. The first-order valence-corrected chi connectivity index (χ1v) is 6.60. The molecule has 0 fully saturated rings. The highest BCUT2D eigenvalue weighted by atomic mass is 16.6. The maximum Gasteiger partial charge on any atom is 0.276 e. The van der Waals surface area contributed by atoms with E-state index in [1.165, 1.54) is 12.1 Å². The summed E-state index contributed by atoms with van der Waals surface area (Å²) in [6.07, 6.45) is 1.07. The lowest BCUT2D eigenvalue weighted by atomic mass is 10.1. The topological polar surface area (TPSA) is 71.3 Å². The number of nitrogens with one attached hydrogen (secondary N) is 1. The molecule has 0 aromatic carbocycles. The first-order chi connectivity index (χ1) is 9.01. The van der Waals surface area contributed by atoms with Gasteiger partial charge in [0.05, 0.1) is 17.1 Å². The van der Waals surface area contributed by atoms with Crippen LogP contribution in [0, 0.1) is 16.0 Å². The Labute approximate surface area is 114 Å². The summed E-state index contributed by atoms with van der Waals surface area (Å²) >= 11 is 0. The van der Waals surface area contributed by atoms with Crippen molar-refractivity contribution in [3.05, 3.63) is 22.2 Å². The molecule has 0 radical (unpaired) electrons. The highest BCUT2D eigenvalue weighted by Gasteiger charge is 2.16. The van der Waals surface area contributed by atoms with Gasteiger partial charge in [0.15, 0.2) is 0 Å². The van der Waals surface area contributed by atoms with Gasteiger partial charge in [-0.1, -0.05) is 20.3 Å². The first kappa shape index (κ1) is 15.2. The van der Waals surface area contributed by atoms with Crippen molar-refractivity contribution in [3.63, 3.8) is 0 Å². The Bertz CT molecular complexity index is 437. The molecule has 0 bridgehead atoms. The zero-order chi connectivity index (χ0) is 14.4. The monoisotopic (exact) mass is 266 g/mol. The third-order valence-electron chi connectivity index (χ3n) is 3.20. The average molecular weight is 266 g/mol. The number of hydrogen-bond acceptors (Lipinski definition) is 5. The van der Waals surface area contributed by atoms with Crippen molar-refractivity contribution in [2.45, 2.75) is 27.2 Å². The standard InChI is InChI=1S/C13H22N4O2/c1-5-10(3)9-16(6-2)13-8-11(17(18)19)7-12(14-4)15-13/h7-8,10H,5-6,9H2,1-4H3,(H,14,15). The molecule has 1 atom stereocenters. The van der Waals surface area contributed by atoms with Gasteiger partial charge in [0.1, 0.15) is 11.6 Å². The number of nitro groups is 1. The molecule has 1 aromatic rings. The van der Waals surface area contributed by atoms with E-state index in [1.54, 1.807) is 7.05 Å². The maximum atomic E-state index is 10.9. The van der Waals surface area contributed by atoms with Crippen molar-refractivity contribution in [2.75, 3.05) is 30.4 Å². The van der Waals surface area contributed by atoms with E-state index in [1.807, 2.05) is 6.92 Å². The fourth-order valence-corrected chi connectivity index (χ4v) is 1.79. The van der Waals surface area contributed by atoms with Gasteiger partial charge in [-0.2, -0.15) is 0 Å². The van der Waals surface area contributed by atoms with Crippen molar-refractivity contribution < 1.29 is 4.92 Å². The van der Waals surface area contributed by atoms with E-state index < -0.39 is 0 Å². The molecule has 6 nitrogen and oxygen atoms in total. The lowest BCUT2D eigenvalue weighted by Gasteiger charge is -2.25. The Morgan fingerprint density at radius 3 is 2.63 bits per heavy atom. The van der Waals surface area contributed by atoms with Crippen LogP contribution in [0.25, 0.3) is 0 Å². The average Bonchev–Trinajstić information content (AvgIpc) is 2.43. The van der Waals surface area contributed by atoms with E-state index in [0.29, 0.717) is 17.6 Å². The van der Waals surface area contributed by atoms with E-state index in [2.05, 4.69) is 29.0 Å². The fourth-order valence-electron chi connectivity index (χ4n) is 1.79. The third-order valence-corrected chi connectivity index (χ3v) is 3.20. The molecule has 1 aromatic heterocycles. The summed E-state index contributed by atoms with van der Waals surface area (Å²) in [6.45, 7) is 7.96. The molecule has 106 valence electrons. The maximum absolute atomic E-state index is 10.9. The number of anilines is 2. The number of nitrogens with zero attached hydrogens (tertiary/aromatic N) is 3. The molecule has 0 aliphatic carbocycles. The largest absolute Gasteiger partial charge is 0.373 e. The van der Waals surface area contributed by atoms with Crippen LogP contribution in [0.1, 0.15) is 27.2 Å². The van der Waals surface area contributed by atoms with Crippen LogP contribution in [0.3, 0.4) is 0 Å². The summed E-state index contributed by atoms with van der Waals surface area (Å²) in [5.41, 5.74) is 0.0666. The van der Waals surface area contributed by atoms with E-state index in [0.717, 1.165) is 19.5 Å². The number of aromatic nitrogens is 1. The van der Waals surface area contributed by atoms with Gasteiger partial charge in [-0.3, -0.25) is 10.1 Å². The Kier molecular flexibility index (Phi) is 5.54. The minimum Gasteiger partial charge on any atom is -0.373 e. The van der Waals surface area contributed by atoms with Crippen molar-refractivity contribution in [2.24, 2.45) is 5.92 Å². The van der Waals surface area contributed by atoms with Gasteiger partial charge in [-0.25, -0.2) is 4.98 Å². The summed E-state index contributed by atoms with van der Waals surface area (Å²) in [5, 5.41) is 13.8. The van der Waals surface area contributed by atoms with Crippen molar-refractivity contribution >= 4 is 17.3 Å². The minimum atomic E-state index is -0.386. The molecule has 0 amide bonds. The molecule has 6 heteroatoms. The summed E-state index contributed by atoms with van der Waals surface area (Å²) in [6, 6.07) is 2.98. The van der Waals surface area contributed by atoms with Crippen LogP contribution in [0.5, 0.6) is 0 Å². The molecule has 1 rings (SSSR count). The highest BCUT2D eigenvalue weighted by Crippen LogP contribution is 2.24. The van der Waals surface area contributed by atoms with Crippen molar-refractivity contribution in [3.8, 4) is 0 Å². The quantitative estimate of drug-likeness (QED) is 0.607. The van der Waals surface area contributed by atoms with Gasteiger partial charge in [0, 0.05) is 20.1 Å². The molecule has 1 unspecified atom stereocenters. The Morgan fingerprint density at radius 1 is 1.47 bits per heavy atom. The van der Waals surface area contributed by atoms with E-state index >= 15 is 0 Å². The molecule has 0 aliphatic heterocycles. The lowest BCUT2D eigenvalue weighted by Crippen LogP contribution is -2.29. The number of pyridine rings is 1. The third kappa shape index (κ3) is 4.08. The predicted molar refractivity (Wildman–Crippen MR) is 77.8 cm³/mol. The normalized spacial score (nSPS) is 12.0. The second kappa shape index (κ2) is 6.92. The highest BCUT2D eigenvalue weighted by molar-refractivity contribution is 5.55. The Hall–Kier alpha value is -1.85. The molecule has 1 N–H and O–H groups in total. The summed E-state index contributed by atoms with van der Waals surface area (Å²) in [4.78, 5) is 17.0. The minimum absolute atomic E-state index is 0.0666. The van der Waals surface area contributed by atoms with E-state index in [-0.39, 0.29) is 10.6 Å². The fraction of sp³-hybridized carbons (Fsp3) is 0.615. The van der Waals surface area contributed by atoms with Crippen LogP contribution >= 0.6 is 0 Å². The molecule has 0 saturated heterocycles. The number of rotatable bonds is 7. The van der Waals surface area contributed by atoms with Gasteiger partial charge in [0.2, 0.25) is 0 Å². The van der Waals surface area contributed by atoms with Crippen LogP contribution in [0.15, 0.2) is 12.1 Å². The molecule has 0 spiro atoms. The molecular weight excluding hydrogens is 244 g/mol. The second-order valence-electron chi connectivity index (χ2n) is 4.63. The van der Waals surface area contributed by atoms with Crippen LogP contribution in [-0.2, 0) is 0 Å². The van der Waals surface area contributed by atoms with Crippen LogP contribution in [0.4, 0.5) is 17.3 Å². The van der Waals surface area contributed by atoms with Gasteiger partial charge in [-0.05, 0) is 12.8 Å². The van der Waals surface area contributed by atoms with Crippen LogP contribution in [0.2, 0.25) is 0 Å². The molecule has 1 heterocycles. The Morgan fingerprint density at radius 2 is 2.16 bits per heavy atom. The summed E-state index contributed by atoms with van der Waals surface area (Å²) < 4.78 is 0. The predicted octanol–water partition coefficient (Wildman–Crippen LogP) is 2.90. The lowest BCUT2D eigenvalue weighted by molar-refractivity contribution is -0.384. The van der Waals surface area contributed by atoms with Crippen molar-refractivity contribution in [1.82, 2.24) is 4.98 Å². The zero-order valence-electron chi connectivity index (χ0n) is 12.0. The first-order valence-electron chi connectivity index (χ1n) is 6.60. The second-order valence-corrected chi connectivity index (χ2v) is 4.63. The molecule has 19 heavy (non-hydrogen) atoms. The van der Waals surface area contributed by atoms with Gasteiger partial charge < -0.3 is 10.2 Å². The molecule has 0 aliphatic rings. The molecule has 0 saturated carbocycles. The Balaban J connectivity index is 3.08. The van der Waals surface area contributed by atoms with E-state index in [9.17, 15) is 10.1 Å². The zero-order valence-corrected chi connectivity index (χ0v) is 12.0. The van der Waals surface area contributed by atoms with E-state index in [4.69, 9.17) is 0 Å². The summed E-state index contributed by atoms with van der Waals surface area (Å²) in [7, 11) is 1.71. The SMILES string of the molecule is CCC(C)CN(CC)c1cc([N+](=O)[O-])cc(NC)n1.